The Morgan fingerprint density at radius 1 is 0.719 bits per heavy atom. The van der Waals surface area contributed by atoms with E-state index in [-0.39, 0.29) is 11.9 Å². The third-order valence-corrected chi connectivity index (χ3v) is 11.9. The van der Waals surface area contributed by atoms with E-state index < -0.39 is 0 Å². The summed E-state index contributed by atoms with van der Waals surface area (Å²) in [7, 11) is 2.83. The summed E-state index contributed by atoms with van der Waals surface area (Å²) in [5, 5.41) is 2.39. The number of aromatic nitrogens is 2. The normalized spacial score (nSPS) is 14.7. The SMILES string of the molecule is C#CCn1c(-c2ccccc2C=C)c(C2CCCCC2)c2ccc(C(=O)OC)cc21.C=Cc1ccccc1-c1[nH]c2cc(C(=O)OC)ccc2c1C1CCCCC1. The number of terminal acetylenes is 1. The lowest BCUT2D eigenvalue weighted by atomic mass is 9.81. The van der Waals surface area contributed by atoms with E-state index in [0.29, 0.717) is 29.5 Å². The molecule has 2 saturated carbocycles. The number of nitrogens with one attached hydrogen (secondary N) is 1. The lowest BCUT2D eigenvalue weighted by Gasteiger charge is -2.24. The van der Waals surface area contributed by atoms with Gasteiger partial charge in [-0.15, -0.1) is 6.42 Å². The number of ether oxygens (including phenoxy) is 2. The number of fused-ring (bicyclic) bond motifs is 2. The van der Waals surface area contributed by atoms with Crippen LogP contribution in [-0.4, -0.2) is 35.7 Å². The number of aromatic amines is 1. The van der Waals surface area contributed by atoms with Crippen LogP contribution in [0.5, 0.6) is 0 Å². The second kappa shape index (κ2) is 17.8. The molecule has 0 radical (unpaired) electrons. The number of esters is 2. The molecule has 2 aliphatic carbocycles. The molecule has 4 aromatic carbocycles. The number of carbonyl (C=O) groups excluding carboxylic acids is 2. The fourth-order valence-corrected chi connectivity index (χ4v) is 9.26. The van der Waals surface area contributed by atoms with Crippen molar-refractivity contribution in [3.8, 4) is 34.9 Å². The van der Waals surface area contributed by atoms with Crippen molar-refractivity contribution in [1.29, 1.82) is 0 Å². The van der Waals surface area contributed by atoms with Crippen molar-refractivity contribution >= 4 is 45.9 Å². The first-order valence-electron chi connectivity index (χ1n) is 20.3. The number of carbonyl (C=O) groups is 2. The van der Waals surface area contributed by atoms with Crippen LogP contribution in [0.1, 0.15) is 119 Å². The molecule has 290 valence electrons. The van der Waals surface area contributed by atoms with E-state index in [0.717, 1.165) is 39.1 Å². The molecule has 2 aromatic heterocycles. The average Bonchev–Trinajstić information content (AvgIpc) is 3.82. The second-order valence-corrected chi connectivity index (χ2v) is 15.2. The van der Waals surface area contributed by atoms with Crippen LogP contribution < -0.4 is 0 Å². The highest BCUT2D eigenvalue weighted by molar-refractivity contribution is 6.00. The molecule has 0 saturated heterocycles. The molecule has 2 heterocycles. The van der Waals surface area contributed by atoms with Crippen molar-refractivity contribution in [2.45, 2.75) is 82.6 Å². The maximum absolute atomic E-state index is 12.2. The zero-order chi connectivity index (χ0) is 39.9. The Morgan fingerprint density at radius 2 is 1.25 bits per heavy atom. The van der Waals surface area contributed by atoms with Crippen molar-refractivity contribution in [2.24, 2.45) is 0 Å². The summed E-state index contributed by atoms with van der Waals surface area (Å²) >= 11 is 0. The van der Waals surface area contributed by atoms with Gasteiger partial charge in [0.2, 0.25) is 0 Å². The molecule has 0 spiro atoms. The van der Waals surface area contributed by atoms with Gasteiger partial charge in [0.25, 0.3) is 0 Å². The van der Waals surface area contributed by atoms with E-state index in [1.807, 2.05) is 48.6 Å². The van der Waals surface area contributed by atoms with E-state index in [2.05, 4.69) is 77.2 Å². The zero-order valence-electron chi connectivity index (χ0n) is 33.2. The van der Waals surface area contributed by atoms with Crippen LogP contribution in [0.25, 0.3) is 56.5 Å². The van der Waals surface area contributed by atoms with Crippen molar-refractivity contribution in [2.75, 3.05) is 14.2 Å². The molecular formula is C51H52N2O4. The highest BCUT2D eigenvalue weighted by Gasteiger charge is 2.28. The number of H-pyrrole nitrogens is 1. The quantitative estimate of drug-likeness (QED) is 0.118. The van der Waals surface area contributed by atoms with Gasteiger partial charge in [-0.2, -0.15) is 0 Å². The van der Waals surface area contributed by atoms with Gasteiger partial charge in [0.1, 0.15) is 0 Å². The van der Waals surface area contributed by atoms with E-state index in [1.165, 1.54) is 106 Å². The molecule has 2 fully saturated rings. The molecule has 1 N–H and O–H groups in total. The molecule has 57 heavy (non-hydrogen) atoms. The predicted octanol–water partition coefficient (Wildman–Crippen LogP) is 12.7. The smallest absolute Gasteiger partial charge is 0.337 e. The molecule has 2 aliphatic rings. The van der Waals surface area contributed by atoms with E-state index in [9.17, 15) is 9.59 Å². The summed E-state index contributed by atoms with van der Waals surface area (Å²) in [6.07, 6.45) is 22.1. The minimum absolute atomic E-state index is 0.307. The first-order valence-corrected chi connectivity index (χ1v) is 20.3. The fourth-order valence-electron chi connectivity index (χ4n) is 9.26. The summed E-state index contributed by atoms with van der Waals surface area (Å²) in [4.78, 5) is 27.8. The Bertz CT molecular complexity index is 2480. The van der Waals surface area contributed by atoms with Gasteiger partial charge in [0.15, 0.2) is 0 Å². The standard InChI is InChI=1S/C27H27NO2.C24H25NO2/c1-4-17-28-24-18-21(27(29)30-3)15-16-23(24)25(20-12-7-6-8-13-20)26(28)22-14-10-9-11-19(22)5-2;1-3-16-9-7-8-12-19(16)23-22(17-10-5-4-6-11-17)20-14-13-18(24(26)27-2)15-21(20)25-23/h1,5,9-11,14-16,18,20H,2,6-8,12-13,17H2,3H3;3,7-9,12-15,17,25H,1,4-6,10-11H2,2H3. The molecule has 8 rings (SSSR count). The first kappa shape index (κ1) is 39.2. The minimum Gasteiger partial charge on any atom is -0.465 e. The van der Waals surface area contributed by atoms with Crippen molar-refractivity contribution in [3.05, 3.63) is 131 Å². The molecule has 6 nitrogen and oxygen atoms in total. The van der Waals surface area contributed by atoms with Crippen molar-refractivity contribution in [1.82, 2.24) is 9.55 Å². The molecule has 0 atom stereocenters. The van der Waals surface area contributed by atoms with Crippen LogP contribution >= 0.6 is 0 Å². The number of benzene rings is 4. The Hall–Kier alpha value is -6.06. The van der Waals surface area contributed by atoms with Crippen LogP contribution in [0, 0.1) is 12.3 Å². The highest BCUT2D eigenvalue weighted by atomic mass is 16.5. The highest BCUT2D eigenvalue weighted by Crippen LogP contribution is 2.46. The summed E-state index contributed by atoms with van der Waals surface area (Å²) in [5.41, 5.74) is 12.7. The molecule has 0 aliphatic heterocycles. The van der Waals surface area contributed by atoms with Gasteiger partial charge < -0.3 is 19.0 Å². The van der Waals surface area contributed by atoms with E-state index in [1.54, 1.807) is 0 Å². The summed E-state index contributed by atoms with van der Waals surface area (Å²) < 4.78 is 12.0. The van der Waals surface area contributed by atoms with Gasteiger partial charge in [-0.05, 0) is 84.0 Å². The van der Waals surface area contributed by atoms with Gasteiger partial charge in [-0.25, -0.2) is 9.59 Å². The van der Waals surface area contributed by atoms with Crippen molar-refractivity contribution < 1.29 is 19.1 Å². The third kappa shape index (κ3) is 7.85. The van der Waals surface area contributed by atoms with Gasteiger partial charge in [-0.3, -0.25) is 0 Å². The topological polar surface area (TPSA) is 73.3 Å². The third-order valence-electron chi connectivity index (χ3n) is 11.9. The second-order valence-electron chi connectivity index (χ2n) is 15.2. The lowest BCUT2D eigenvalue weighted by molar-refractivity contribution is 0.0592. The van der Waals surface area contributed by atoms with Gasteiger partial charge in [-0.1, -0.05) is 130 Å². The molecule has 6 aromatic rings. The van der Waals surface area contributed by atoms with Crippen LogP contribution in [0.4, 0.5) is 0 Å². The summed E-state index contributed by atoms with van der Waals surface area (Å²) in [6, 6.07) is 28.4. The monoisotopic (exact) mass is 756 g/mol. The molecule has 0 amide bonds. The maximum Gasteiger partial charge on any atom is 0.337 e. The Morgan fingerprint density at radius 3 is 1.82 bits per heavy atom. The van der Waals surface area contributed by atoms with E-state index >= 15 is 0 Å². The lowest BCUT2D eigenvalue weighted by Crippen LogP contribution is -2.07. The Kier molecular flexibility index (Phi) is 12.2. The zero-order valence-corrected chi connectivity index (χ0v) is 33.2. The fraction of sp³-hybridized carbons (Fsp3) is 0.294. The molecule has 0 unspecified atom stereocenters. The number of hydrogen-bond acceptors (Lipinski definition) is 4. The van der Waals surface area contributed by atoms with Crippen molar-refractivity contribution in [3.63, 3.8) is 0 Å². The average molecular weight is 757 g/mol. The molecule has 0 bridgehead atoms. The van der Waals surface area contributed by atoms with Gasteiger partial charge in [0, 0.05) is 27.4 Å². The maximum atomic E-state index is 12.2. The molecular weight excluding hydrogens is 705 g/mol. The van der Waals surface area contributed by atoms with Crippen LogP contribution in [0.3, 0.4) is 0 Å². The predicted molar refractivity (Wildman–Crippen MR) is 234 cm³/mol. The number of hydrogen-bond donors (Lipinski definition) is 1. The minimum atomic E-state index is -0.336. The number of nitrogens with zero attached hydrogens (tertiary/aromatic N) is 1. The Labute approximate surface area is 336 Å². The van der Waals surface area contributed by atoms with Crippen LogP contribution in [0.2, 0.25) is 0 Å². The summed E-state index contributed by atoms with van der Waals surface area (Å²) in [6.45, 7) is 8.45. The van der Waals surface area contributed by atoms with E-state index in [4.69, 9.17) is 15.9 Å². The first-order chi connectivity index (χ1) is 27.9. The Balaban J connectivity index is 0.000000175. The number of rotatable bonds is 9. The molecule has 6 heteroatoms. The largest absolute Gasteiger partial charge is 0.465 e. The number of methoxy groups -OCH3 is 2. The van der Waals surface area contributed by atoms with Crippen LogP contribution in [0.15, 0.2) is 98.1 Å². The van der Waals surface area contributed by atoms with Gasteiger partial charge >= 0.3 is 11.9 Å². The van der Waals surface area contributed by atoms with Crippen LogP contribution in [-0.2, 0) is 16.0 Å². The van der Waals surface area contributed by atoms with Gasteiger partial charge in [0.05, 0.1) is 48.8 Å². The summed E-state index contributed by atoms with van der Waals surface area (Å²) in [5.74, 6) is 3.21.